The van der Waals surface area contributed by atoms with Crippen LogP contribution in [0.15, 0.2) is 135 Å². The Morgan fingerprint density at radius 2 is 1.06 bits per heavy atom. The molecule has 1 saturated carbocycles. The summed E-state index contributed by atoms with van der Waals surface area (Å²) < 4.78 is 0. The van der Waals surface area contributed by atoms with Crippen LogP contribution in [-0.2, 0) is 5.41 Å². The van der Waals surface area contributed by atoms with Crippen LogP contribution in [0, 0.1) is 59.3 Å². The molecular formula is C65H72N2O2S2. The smallest absolute Gasteiger partial charge is 0.198 e. The van der Waals surface area contributed by atoms with E-state index in [2.05, 4.69) is 171 Å². The van der Waals surface area contributed by atoms with Gasteiger partial charge in [0.25, 0.3) is 0 Å². The summed E-state index contributed by atoms with van der Waals surface area (Å²) in [7, 11) is 0. The molecule has 1 fully saturated rings. The number of ketones is 2. The van der Waals surface area contributed by atoms with Crippen molar-refractivity contribution < 1.29 is 9.59 Å². The normalized spacial score (nSPS) is 17.7. The van der Waals surface area contributed by atoms with E-state index < -0.39 is 0 Å². The van der Waals surface area contributed by atoms with Crippen molar-refractivity contribution in [2.24, 2.45) is 17.8 Å². The Kier molecular flexibility index (Phi) is 15.1. The number of rotatable bonds is 14. The van der Waals surface area contributed by atoms with Crippen molar-refractivity contribution >= 4 is 63.4 Å². The zero-order chi connectivity index (χ0) is 50.1. The summed E-state index contributed by atoms with van der Waals surface area (Å²) in [6, 6.07) is 34.0. The summed E-state index contributed by atoms with van der Waals surface area (Å²) in [6.45, 7) is 21.5. The lowest BCUT2D eigenvalue weighted by Gasteiger charge is -2.33. The van der Waals surface area contributed by atoms with Crippen LogP contribution in [0.3, 0.4) is 0 Å². The van der Waals surface area contributed by atoms with Crippen molar-refractivity contribution in [3.05, 3.63) is 182 Å². The Bertz CT molecular complexity index is 3010. The van der Waals surface area contributed by atoms with Crippen molar-refractivity contribution in [3.8, 4) is 0 Å². The minimum Gasteiger partial charge on any atom is -0.354 e. The molecule has 0 heterocycles. The Balaban J connectivity index is 1.07. The molecule has 6 aromatic carbocycles. The second kappa shape index (κ2) is 21.3. The van der Waals surface area contributed by atoms with Gasteiger partial charge in [-0.2, -0.15) is 0 Å². The SMILES string of the molecule is CCCCCC1CCC(C2C=CC(c3ccc(Sc4ccc(Nc5c(C)cc(C)cc5C)c5c4C(=O)c4c(Sc6ccc(C(C)(C)C)cc6)ccc(Nc6c(C)cc(C)cc6C)c4C5=O)cc3)=CC2)CC1. The van der Waals surface area contributed by atoms with Gasteiger partial charge in [0, 0.05) is 42.1 Å². The first-order chi connectivity index (χ1) is 34.1. The fraction of sp³-hybridized carbons (Fsp3) is 0.354. The largest absolute Gasteiger partial charge is 0.354 e. The van der Waals surface area contributed by atoms with Gasteiger partial charge in [0.2, 0.25) is 0 Å². The molecule has 3 aliphatic rings. The molecular weight excluding hydrogens is 905 g/mol. The average molecular weight is 977 g/mol. The number of aryl methyl sites for hydroxylation is 6. The number of allylic oxidation sites excluding steroid dienone is 4. The molecule has 3 aliphatic carbocycles. The van der Waals surface area contributed by atoms with E-state index in [0.29, 0.717) is 39.5 Å². The predicted octanol–water partition coefficient (Wildman–Crippen LogP) is 18.7. The Hall–Kier alpha value is -5.56. The number of carbonyl (C=O) groups is 2. The van der Waals surface area contributed by atoms with E-state index in [9.17, 15) is 0 Å². The van der Waals surface area contributed by atoms with Gasteiger partial charge in [0.05, 0.1) is 22.5 Å². The zero-order valence-electron chi connectivity index (χ0n) is 43.7. The van der Waals surface area contributed by atoms with E-state index in [4.69, 9.17) is 0 Å². The maximum Gasteiger partial charge on any atom is 0.198 e. The Labute approximate surface area is 433 Å². The third-order valence-corrected chi connectivity index (χ3v) is 17.5. The molecule has 0 radical (unpaired) electrons. The number of unbranched alkanes of at least 4 members (excludes halogenated alkanes) is 2. The van der Waals surface area contributed by atoms with Gasteiger partial charge in [0.1, 0.15) is 0 Å². The number of benzene rings is 6. The lowest BCUT2D eigenvalue weighted by Crippen LogP contribution is -2.25. The summed E-state index contributed by atoms with van der Waals surface area (Å²) in [5, 5.41) is 7.38. The quantitative estimate of drug-likeness (QED) is 0.106. The first-order valence-corrected chi connectivity index (χ1v) is 27.8. The molecule has 0 aromatic heterocycles. The molecule has 6 heteroatoms. The maximum absolute atomic E-state index is 15.8. The van der Waals surface area contributed by atoms with E-state index in [1.807, 2.05) is 24.3 Å². The van der Waals surface area contributed by atoms with Gasteiger partial charge in [0.15, 0.2) is 11.6 Å². The Morgan fingerprint density at radius 1 is 0.577 bits per heavy atom. The number of hydrogen-bond acceptors (Lipinski definition) is 6. The van der Waals surface area contributed by atoms with Crippen LogP contribution in [0.1, 0.15) is 162 Å². The van der Waals surface area contributed by atoms with Crippen molar-refractivity contribution in [2.45, 2.75) is 152 Å². The monoisotopic (exact) mass is 977 g/mol. The standard InChI is InChI=1S/C65H72N2O2S2/c1-11-12-13-14-45-15-17-46(18-16-45)47-19-21-48(22-20-47)49-23-27-51(28-24-49)70-55-33-31-53(66-61-41(4)35-39(2)36-42(61)5)57-59(55)64(69)60-56(71-52-29-25-50(26-30-52)65(8,9)10)34-32-54(58(60)63(57)68)67-62-43(6)37-40(3)38-44(62)7/h19,21-38,45-47,66-67H,11-18,20H2,1-10H3. The van der Waals surface area contributed by atoms with Crippen LogP contribution >= 0.6 is 23.5 Å². The summed E-state index contributed by atoms with van der Waals surface area (Å²) in [4.78, 5) is 35.2. The number of carbonyl (C=O) groups excluding carboxylic acids is 2. The number of nitrogens with one attached hydrogen (secondary N) is 2. The molecule has 0 aliphatic heterocycles. The molecule has 0 saturated heterocycles. The van der Waals surface area contributed by atoms with Crippen molar-refractivity contribution in [1.29, 1.82) is 0 Å². The van der Waals surface area contributed by atoms with Gasteiger partial charge < -0.3 is 10.6 Å². The van der Waals surface area contributed by atoms with Gasteiger partial charge >= 0.3 is 0 Å². The van der Waals surface area contributed by atoms with Crippen LogP contribution in [0.4, 0.5) is 22.7 Å². The number of hydrogen-bond donors (Lipinski definition) is 2. The molecule has 0 spiro atoms. The van der Waals surface area contributed by atoms with Crippen LogP contribution in [0.2, 0.25) is 0 Å². The molecule has 4 nitrogen and oxygen atoms in total. The lowest BCUT2D eigenvalue weighted by molar-refractivity contribution is 0.0976. The van der Waals surface area contributed by atoms with Gasteiger partial charge in [-0.05, 0) is 171 Å². The fourth-order valence-corrected chi connectivity index (χ4v) is 13.4. The molecule has 0 amide bonds. The van der Waals surface area contributed by atoms with E-state index in [-0.39, 0.29) is 17.0 Å². The molecule has 6 aromatic rings. The minimum atomic E-state index is -0.179. The highest BCUT2D eigenvalue weighted by atomic mass is 32.2. The van der Waals surface area contributed by atoms with Gasteiger partial charge in [-0.25, -0.2) is 0 Å². The maximum atomic E-state index is 15.8. The Morgan fingerprint density at radius 3 is 1.51 bits per heavy atom. The topological polar surface area (TPSA) is 58.2 Å². The third kappa shape index (κ3) is 11.0. The second-order valence-corrected chi connectivity index (χ2v) is 24.1. The van der Waals surface area contributed by atoms with Crippen LogP contribution < -0.4 is 10.6 Å². The van der Waals surface area contributed by atoms with E-state index in [1.54, 1.807) is 11.8 Å². The van der Waals surface area contributed by atoms with Gasteiger partial charge in [-0.1, -0.05) is 168 Å². The van der Waals surface area contributed by atoms with Crippen LogP contribution in [-0.4, -0.2) is 11.6 Å². The zero-order valence-corrected chi connectivity index (χ0v) is 45.3. The highest BCUT2D eigenvalue weighted by Crippen LogP contribution is 2.48. The summed E-state index contributed by atoms with van der Waals surface area (Å²) in [6.07, 6.45) is 19.4. The average Bonchev–Trinajstić information content (AvgIpc) is 3.34. The summed E-state index contributed by atoms with van der Waals surface area (Å²) in [5.41, 5.74) is 15.2. The summed E-state index contributed by atoms with van der Waals surface area (Å²) >= 11 is 3.09. The van der Waals surface area contributed by atoms with E-state index >= 15 is 9.59 Å². The molecule has 1 unspecified atom stereocenters. The fourth-order valence-electron chi connectivity index (χ4n) is 11.5. The van der Waals surface area contributed by atoms with Gasteiger partial charge in [-0.3, -0.25) is 9.59 Å². The second-order valence-electron chi connectivity index (χ2n) is 21.9. The molecule has 2 N–H and O–H groups in total. The third-order valence-electron chi connectivity index (χ3n) is 15.3. The van der Waals surface area contributed by atoms with Crippen molar-refractivity contribution in [2.75, 3.05) is 10.6 Å². The first kappa shape index (κ1) is 50.4. The van der Waals surface area contributed by atoms with Crippen LogP contribution in [0.5, 0.6) is 0 Å². The minimum absolute atomic E-state index is 0.00373. The lowest BCUT2D eigenvalue weighted by atomic mass is 9.72. The summed E-state index contributed by atoms with van der Waals surface area (Å²) in [5.74, 6) is 2.03. The van der Waals surface area contributed by atoms with Crippen LogP contribution in [0.25, 0.3) is 5.57 Å². The first-order valence-electron chi connectivity index (χ1n) is 26.1. The highest BCUT2D eigenvalue weighted by Gasteiger charge is 2.39. The van der Waals surface area contributed by atoms with Gasteiger partial charge in [-0.15, -0.1) is 0 Å². The molecule has 366 valence electrons. The number of anilines is 4. The van der Waals surface area contributed by atoms with E-state index in [0.717, 1.165) is 71.5 Å². The molecule has 71 heavy (non-hydrogen) atoms. The molecule has 1 atom stereocenters. The molecule has 9 rings (SSSR count). The number of fused-ring (bicyclic) bond motifs is 2. The predicted molar refractivity (Wildman–Crippen MR) is 302 cm³/mol. The van der Waals surface area contributed by atoms with Crippen molar-refractivity contribution in [1.82, 2.24) is 0 Å². The highest BCUT2D eigenvalue weighted by molar-refractivity contribution is 7.99. The van der Waals surface area contributed by atoms with Crippen molar-refractivity contribution in [3.63, 3.8) is 0 Å². The molecule has 0 bridgehead atoms. The van der Waals surface area contributed by atoms with E-state index in [1.165, 1.54) is 91.0 Å².